The van der Waals surface area contributed by atoms with Crippen molar-refractivity contribution < 1.29 is 21.6 Å². The zero-order valence-electron chi connectivity index (χ0n) is 29.6. The number of carbonyl (C=O) groups excluding carboxylic acids is 1. The Morgan fingerprint density at radius 2 is 1.02 bits per heavy atom. The number of aryl methyl sites for hydroxylation is 2. The molecule has 2 saturated heterocycles. The van der Waals surface area contributed by atoms with Gasteiger partial charge in [0, 0.05) is 72.9 Å². The number of nitrogen functional groups attached to an aromatic ring is 2. The molecule has 0 aliphatic carbocycles. The molecule has 15 nitrogen and oxygen atoms in total. The Bertz CT molecular complexity index is 2060. The van der Waals surface area contributed by atoms with E-state index in [0.29, 0.717) is 97.1 Å². The van der Waals surface area contributed by atoms with Crippen molar-refractivity contribution in [1.82, 2.24) is 28.5 Å². The van der Waals surface area contributed by atoms with E-state index in [1.54, 1.807) is 24.5 Å². The van der Waals surface area contributed by atoms with Crippen LogP contribution in [0.2, 0.25) is 0 Å². The van der Waals surface area contributed by atoms with Crippen molar-refractivity contribution in [2.45, 2.75) is 51.6 Å². The quantitative estimate of drug-likeness (QED) is 0.171. The first-order valence-electron chi connectivity index (χ1n) is 17.0. The van der Waals surface area contributed by atoms with Crippen molar-refractivity contribution in [3.8, 4) is 22.3 Å². The molecular formula is C35H44N10O5S2. The van der Waals surface area contributed by atoms with Crippen LogP contribution in [0.3, 0.4) is 0 Å². The highest BCUT2D eigenvalue weighted by Crippen LogP contribution is 2.35. The predicted molar refractivity (Wildman–Crippen MR) is 203 cm³/mol. The lowest BCUT2D eigenvalue weighted by Crippen LogP contribution is -2.42. The van der Waals surface area contributed by atoms with Gasteiger partial charge in [0.15, 0.2) is 5.78 Å². The number of carbonyl (C=O) groups is 1. The molecule has 4 aromatic rings. The normalized spacial score (nSPS) is 16.8. The summed E-state index contributed by atoms with van der Waals surface area (Å²) in [4.78, 5) is 32.5. The highest BCUT2D eigenvalue weighted by molar-refractivity contribution is 7.88. The van der Waals surface area contributed by atoms with Gasteiger partial charge in [-0.1, -0.05) is 47.5 Å². The molecule has 2 fully saturated rings. The van der Waals surface area contributed by atoms with Crippen molar-refractivity contribution in [3.05, 3.63) is 71.0 Å². The van der Waals surface area contributed by atoms with Gasteiger partial charge in [-0.25, -0.2) is 35.4 Å². The van der Waals surface area contributed by atoms with E-state index in [0.717, 1.165) is 11.1 Å². The van der Waals surface area contributed by atoms with Gasteiger partial charge in [0.2, 0.25) is 31.9 Å². The third kappa shape index (κ3) is 8.33. The predicted octanol–water partition coefficient (Wildman–Crippen LogP) is 3.28. The van der Waals surface area contributed by atoms with Crippen LogP contribution < -0.4 is 22.1 Å². The zero-order valence-corrected chi connectivity index (χ0v) is 31.3. The topological polar surface area (TPSA) is 219 Å². The molecule has 2 aromatic carbocycles. The minimum atomic E-state index is -3.24. The van der Waals surface area contributed by atoms with Gasteiger partial charge in [-0.3, -0.25) is 4.79 Å². The van der Waals surface area contributed by atoms with Crippen LogP contribution in [0.25, 0.3) is 22.3 Å². The van der Waals surface area contributed by atoms with E-state index >= 15 is 0 Å². The molecule has 6 rings (SSSR count). The van der Waals surface area contributed by atoms with E-state index in [4.69, 9.17) is 11.5 Å². The van der Waals surface area contributed by atoms with E-state index in [9.17, 15) is 21.6 Å². The second kappa shape index (κ2) is 14.7. The van der Waals surface area contributed by atoms with Crippen molar-refractivity contribution in [3.63, 3.8) is 0 Å². The fourth-order valence-corrected chi connectivity index (χ4v) is 8.42. The molecule has 0 amide bonds. The number of hydrogen-bond donors (Lipinski definition) is 4. The maximum Gasteiger partial charge on any atom is 0.224 e. The average Bonchev–Trinajstić information content (AvgIpc) is 3.08. The third-order valence-electron chi connectivity index (χ3n) is 9.57. The summed E-state index contributed by atoms with van der Waals surface area (Å²) in [5.41, 5.74) is 17.8. The number of benzene rings is 2. The van der Waals surface area contributed by atoms with Crippen LogP contribution >= 0.6 is 0 Å². The maximum atomic E-state index is 14.5. The molecule has 0 spiro atoms. The highest BCUT2D eigenvalue weighted by Gasteiger charge is 2.28. The summed E-state index contributed by atoms with van der Waals surface area (Å²) in [5, 5.41) is 6.55. The largest absolute Gasteiger partial charge is 0.383 e. The number of nitrogens with one attached hydrogen (secondary N) is 2. The van der Waals surface area contributed by atoms with E-state index < -0.39 is 20.0 Å². The standard InChI is InChI=1S/C35H44N10O5S2/c1-21-5-7-25(27(17-21)29-19-38-34(42-32(29)36)40-23-9-13-44(14-10-23)51(3,47)48)31(46)26-8-6-22(2)18-28(26)30-20-39-35(43-33(30)37)41-24-11-15-45(16-12-24)52(4,49)50/h5-8,17-20,23-24H,9-16H2,1-4H3,(H3,36,38,40,42)(H3,37,39,41,43). The number of nitrogens with zero attached hydrogens (tertiary/aromatic N) is 6. The van der Waals surface area contributed by atoms with Crippen LogP contribution in [0, 0.1) is 13.8 Å². The number of anilines is 4. The molecule has 2 aliphatic rings. The number of hydrogen-bond acceptors (Lipinski definition) is 13. The molecule has 276 valence electrons. The minimum Gasteiger partial charge on any atom is -0.383 e. The van der Waals surface area contributed by atoms with Gasteiger partial charge in [0.05, 0.1) is 12.5 Å². The monoisotopic (exact) mass is 748 g/mol. The molecule has 0 saturated carbocycles. The van der Waals surface area contributed by atoms with Crippen molar-refractivity contribution in [2.75, 3.05) is 60.8 Å². The smallest absolute Gasteiger partial charge is 0.224 e. The first-order chi connectivity index (χ1) is 24.6. The molecule has 0 bridgehead atoms. The van der Waals surface area contributed by atoms with Crippen LogP contribution in [0.1, 0.15) is 52.7 Å². The lowest BCUT2D eigenvalue weighted by Gasteiger charge is -2.30. The molecular weight excluding hydrogens is 705 g/mol. The van der Waals surface area contributed by atoms with Crippen LogP contribution in [0.15, 0.2) is 48.8 Å². The minimum absolute atomic E-state index is 0.0132. The van der Waals surface area contributed by atoms with Gasteiger partial charge in [-0.2, -0.15) is 9.97 Å². The Morgan fingerprint density at radius 3 is 1.35 bits per heavy atom. The Labute approximate surface area is 304 Å². The van der Waals surface area contributed by atoms with E-state index in [1.807, 2.05) is 38.1 Å². The molecule has 0 atom stereocenters. The maximum absolute atomic E-state index is 14.5. The van der Waals surface area contributed by atoms with E-state index in [2.05, 4.69) is 30.6 Å². The summed E-state index contributed by atoms with van der Waals surface area (Å²) in [5.74, 6) is 0.778. The molecule has 6 N–H and O–H groups in total. The van der Waals surface area contributed by atoms with Gasteiger partial charge in [-0.05, 0) is 50.7 Å². The van der Waals surface area contributed by atoms with Gasteiger partial charge >= 0.3 is 0 Å². The van der Waals surface area contributed by atoms with Crippen LogP contribution in [-0.2, 0) is 20.0 Å². The number of sulfonamides is 2. The number of aromatic nitrogens is 4. The molecule has 0 radical (unpaired) electrons. The van der Waals surface area contributed by atoms with E-state index in [-0.39, 0.29) is 29.5 Å². The highest BCUT2D eigenvalue weighted by atomic mass is 32.2. The summed E-state index contributed by atoms with van der Waals surface area (Å²) in [6.45, 7) is 5.49. The molecule has 52 heavy (non-hydrogen) atoms. The van der Waals surface area contributed by atoms with E-state index in [1.165, 1.54) is 21.1 Å². The van der Waals surface area contributed by atoms with Crippen LogP contribution in [-0.4, -0.2) is 102 Å². The SMILES string of the molecule is Cc1ccc(C(=O)c2ccc(C)cc2-c2cnc(NC3CCN(S(C)(=O)=O)CC3)nc2N)c(-c2cnc(NC3CCN(S(C)(=O)=O)CC3)nc2N)c1. The summed E-state index contributed by atoms with van der Waals surface area (Å²) in [7, 11) is -6.48. The number of nitrogens with two attached hydrogens (primary N) is 2. The van der Waals surface area contributed by atoms with Crippen LogP contribution in [0.4, 0.5) is 23.5 Å². The third-order valence-corrected chi connectivity index (χ3v) is 12.2. The summed E-state index contributed by atoms with van der Waals surface area (Å²) >= 11 is 0. The first-order valence-corrected chi connectivity index (χ1v) is 20.7. The van der Waals surface area contributed by atoms with Crippen LogP contribution in [0.5, 0.6) is 0 Å². The Morgan fingerprint density at radius 1 is 0.654 bits per heavy atom. The lowest BCUT2D eigenvalue weighted by molar-refractivity contribution is 0.104. The molecule has 0 unspecified atom stereocenters. The number of rotatable bonds is 10. The fourth-order valence-electron chi connectivity index (χ4n) is 6.68. The first kappa shape index (κ1) is 37.1. The number of piperidine rings is 2. The van der Waals surface area contributed by atoms with Crippen molar-refractivity contribution >= 4 is 49.4 Å². The van der Waals surface area contributed by atoms with Gasteiger partial charge in [0.25, 0.3) is 0 Å². The average molecular weight is 749 g/mol. The van der Waals surface area contributed by atoms with Crippen molar-refractivity contribution in [1.29, 1.82) is 0 Å². The molecule has 4 heterocycles. The number of ketones is 1. The zero-order chi connectivity index (χ0) is 37.4. The lowest BCUT2D eigenvalue weighted by atomic mass is 9.89. The Hall–Kier alpha value is -4.71. The fraction of sp³-hybridized carbons (Fsp3) is 0.400. The second-order valence-electron chi connectivity index (χ2n) is 13.6. The summed E-state index contributed by atoms with van der Waals surface area (Å²) in [6.07, 6.45) is 8.05. The second-order valence-corrected chi connectivity index (χ2v) is 17.5. The summed E-state index contributed by atoms with van der Waals surface area (Å²) in [6, 6.07) is 11.0. The molecule has 2 aromatic heterocycles. The van der Waals surface area contributed by atoms with Crippen molar-refractivity contribution in [2.24, 2.45) is 0 Å². The molecule has 2 aliphatic heterocycles. The van der Waals surface area contributed by atoms with Gasteiger partial charge in [-0.15, -0.1) is 0 Å². The summed E-state index contributed by atoms with van der Waals surface area (Å²) < 4.78 is 50.5. The van der Waals surface area contributed by atoms with Gasteiger partial charge in [0.1, 0.15) is 11.6 Å². The Balaban J connectivity index is 1.24. The molecule has 17 heteroatoms. The van der Waals surface area contributed by atoms with Gasteiger partial charge < -0.3 is 22.1 Å². The Kier molecular flexibility index (Phi) is 10.5.